The summed E-state index contributed by atoms with van der Waals surface area (Å²) >= 11 is 0. The third kappa shape index (κ3) is 3.41. The van der Waals surface area contributed by atoms with Gasteiger partial charge in [0, 0.05) is 19.1 Å². The monoisotopic (exact) mass is 236 g/mol. The third-order valence-electron chi connectivity index (χ3n) is 2.50. The standard InChI is InChI=1S/C9H20N2O3S/c1-3-6-15(12,13)11-4-5-14-9(7-11)8(2)10/h8-9H,3-7,10H2,1-2H3. The lowest BCUT2D eigenvalue weighted by Crippen LogP contribution is -2.51. The van der Waals surface area contributed by atoms with Crippen LogP contribution in [0.4, 0.5) is 0 Å². The van der Waals surface area contributed by atoms with Crippen molar-refractivity contribution < 1.29 is 13.2 Å². The molecule has 1 fully saturated rings. The van der Waals surface area contributed by atoms with Crippen molar-refractivity contribution >= 4 is 10.0 Å². The Balaban J connectivity index is 2.63. The van der Waals surface area contributed by atoms with Crippen LogP contribution < -0.4 is 5.73 Å². The Morgan fingerprint density at radius 3 is 2.80 bits per heavy atom. The van der Waals surface area contributed by atoms with E-state index in [2.05, 4.69) is 0 Å². The van der Waals surface area contributed by atoms with Crippen LogP contribution in [-0.2, 0) is 14.8 Å². The number of hydrogen-bond donors (Lipinski definition) is 1. The SMILES string of the molecule is CCCS(=O)(=O)N1CCOC(C(C)N)C1. The lowest BCUT2D eigenvalue weighted by atomic mass is 10.2. The highest BCUT2D eigenvalue weighted by Gasteiger charge is 2.30. The van der Waals surface area contributed by atoms with Crippen LogP contribution in [0, 0.1) is 0 Å². The molecule has 2 N–H and O–H groups in total. The van der Waals surface area contributed by atoms with Crippen LogP contribution in [0.2, 0.25) is 0 Å². The van der Waals surface area contributed by atoms with Crippen LogP contribution >= 0.6 is 0 Å². The molecule has 0 bridgehead atoms. The fourth-order valence-corrected chi connectivity index (χ4v) is 3.11. The normalized spacial score (nSPS) is 26.5. The largest absolute Gasteiger partial charge is 0.374 e. The molecule has 2 unspecified atom stereocenters. The maximum Gasteiger partial charge on any atom is 0.214 e. The van der Waals surface area contributed by atoms with Gasteiger partial charge in [0.15, 0.2) is 0 Å². The van der Waals surface area contributed by atoms with Gasteiger partial charge in [0.1, 0.15) is 0 Å². The predicted molar refractivity (Wildman–Crippen MR) is 59.0 cm³/mol. The molecule has 0 aromatic heterocycles. The van der Waals surface area contributed by atoms with Crippen LogP contribution in [0.15, 0.2) is 0 Å². The summed E-state index contributed by atoms with van der Waals surface area (Å²) in [4.78, 5) is 0. The Hall–Kier alpha value is -0.170. The molecular formula is C9H20N2O3S. The van der Waals surface area contributed by atoms with E-state index in [9.17, 15) is 8.42 Å². The number of nitrogens with zero attached hydrogens (tertiary/aromatic N) is 1. The van der Waals surface area contributed by atoms with Crippen molar-refractivity contribution in [1.29, 1.82) is 0 Å². The highest BCUT2D eigenvalue weighted by atomic mass is 32.2. The van der Waals surface area contributed by atoms with E-state index in [0.29, 0.717) is 26.1 Å². The zero-order valence-electron chi connectivity index (χ0n) is 9.35. The Morgan fingerprint density at radius 2 is 2.27 bits per heavy atom. The number of ether oxygens (including phenoxy) is 1. The minimum atomic E-state index is -3.10. The molecule has 1 heterocycles. The number of hydrogen-bond acceptors (Lipinski definition) is 4. The van der Waals surface area contributed by atoms with E-state index in [0.717, 1.165) is 0 Å². The van der Waals surface area contributed by atoms with Gasteiger partial charge in [-0.15, -0.1) is 0 Å². The molecule has 15 heavy (non-hydrogen) atoms. The molecule has 1 aliphatic rings. The Bertz CT molecular complexity index is 290. The minimum Gasteiger partial charge on any atom is -0.374 e. The molecule has 0 aliphatic carbocycles. The molecule has 0 saturated carbocycles. The summed E-state index contributed by atoms with van der Waals surface area (Å²) in [6, 6.07) is -0.135. The summed E-state index contributed by atoms with van der Waals surface area (Å²) in [7, 11) is -3.10. The van der Waals surface area contributed by atoms with Crippen molar-refractivity contribution in [2.24, 2.45) is 5.73 Å². The summed E-state index contributed by atoms with van der Waals surface area (Å²) in [6.07, 6.45) is 0.466. The zero-order valence-corrected chi connectivity index (χ0v) is 10.2. The van der Waals surface area contributed by atoms with E-state index in [1.165, 1.54) is 4.31 Å². The van der Waals surface area contributed by atoms with Crippen LogP contribution in [-0.4, -0.2) is 50.3 Å². The van der Waals surface area contributed by atoms with Crippen molar-refractivity contribution in [2.75, 3.05) is 25.4 Å². The quantitative estimate of drug-likeness (QED) is 0.732. The number of nitrogens with two attached hydrogens (primary N) is 1. The molecule has 90 valence electrons. The van der Waals surface area contributed by atoms with E-state index < -0.39 is 10.0 Å². The maximum atomic E-state index is 11.8. The first-order valence-electron chi connectivity index (χ1n) is 5.32. The van der Waals surface area contributed by atoms with Crippen molar-refractivity contribution in [3.8, 4) is 0 Å². The van der Waals surface area contributed by atoms with Crippen molar-refractivity contribution in [3.63, 3.8) is 0 Å². The summed E-state index contributed by atoms with van der Waals surface area (Å²) in [6.45, 7) is 4.97. The smallest absolute Gasteiger partial charge is 0.214 e. The average molecular weight is 236 g/mol. The van der Waals surface area contributed by atoms with Gasteiger partial charge in [-0.2, -0.15) is 4.31 Å². The molecule has 0 radical (unpaired) electrons. The molecule has 1 aliphatic heterocycles. The fraction of sp³-hybridized carbons (Fsp3) is 1.00. The highest BCUT2D eigenvalue weighted by Crippen LogP contribution is 2.12. The Morgan fingerprint density at radius 1 is 1.60 bits per heavy atom. The second kappa shape index (κ2) is 5.25. The Kier molecular flexibility index (Phi) is 4.51. The van der Waals surface area contributed by atoms with Gasteiger partial charge in [-0.05, 0) is 13.3 Å². The molecule has 0 aromatic rings. The topological polar surface area (TPSA) is 72.6 Å². The van der Waals surface area contributed by atoms with Crippen LogP contribution in [0.1, 0.15) is 20.3 Å². The van der Waals surface area contributed by atoms with E-state index in [4.69, 9.17) is 10.5 Å². The van der Waals surface area contributed by atoms with E-state index in [1.807, 2.05) is 13.8 Å². The van der Waals surface area contributed by atoms with E-state index >= 15 is 0 Å². The maximum absolute atomic E-state index is 11.8. The van der Waals surface area contributed by atoms with Crippen molar-refractivity contribution in [3.05, 3.63) is 0 Å². The summed E-state index contributed by atoms with van der Waals surface area (Å²) in [5.41, 5.74) is 5.70. The summed E-state index contributed by atoms with van der Waals surface area (Å²) in [5, 5.41) is 0. The molecule has 1 saturated heterocycles. The molecule has 2 atom stereocenters. The summed E-state index contributed by atoms with van der Waals surface area (Å²) < 4.78 is 30.5. The zero-order chi connectivity index (χ0) is 11.5. The molecule has 5 nitrogen and oxygen atoms in total. The van der Waals surface area contributed by atoms with E-state index in [1.54, 1.807) is 0 Å². The molecule has 0 spiro atoms. The van der Waals surface area contributed by atoms with Gasteiger partial charge < -0.3 is 10.5 Å². The van der Waals surface area contributed by atoms with Gasteiger partial charge >= 0.3 is 0 Å². The minimum absolute atomic E-state index is 0.135. The number of morpholine rings is 1. The van der Waals surface area contributed by atoms with Gasteiger partial charge in [-0.1, -0.05) is 6.92 Å². The highest BCUT2D eigenvalue weighted by molar-refractivity contribution is 7.89. The predicted octanol–water partition coefficient (Wildman–Crippen LogP) is -0.226. The first-order chi connectivity index (χ1) is 6.97. The van der Waals surface area contributed by atoms with Gasteiger partial charge in [-0.3, -0.25) is 0 Å². The van der Waals surface area contributed by atoms with Crippen LogP contribution in [0.5, 0.6) is 0 Å². The average Bonchev–Trinajstić information content (AvgIpc) is 2.18. The molecular weight excluding hydrogens is 216 g/mol. The van der Waals surface area contributed by atoms with Gasteiger partial charge in [-0.25, -0.2) is 8.42 Å². The molecule has 0 amide bonds. The lowest BCUT2D eigenvalue weighted by Gasteiger charge is -2.33. The molecule has 0 aromatic carbocycles. The second-order valence-corrected chi connectivity index (χ2v) is 6.03. The second-order valence-electron chi connectivity index (χ2n) is 3.94. The first kappa shape index (κ1) is 12.9. The van der Waals surface area contributed by atoms with Crippen LogP contribution in [0.25, 0.3) is 0 Å². The van der Waals surface area contributed by atoms with Crippen molar-refractivity contribution in [1.82, 2.24) is 4.31 Å². The molecule has 1 rings (SSSR count). The number of sulfonamides is 1. The van der Waals surface area contributed by atoms with E-state index in [-0.39, 0.29) is 17.9 Å². The van der Waals surface area contributed by atoms with Gasteiger partial charge in [0.2, 0.25) is 10.0 Å². The van der Waals surface area contributed by atoms with Gasteiger partial charge in [0.05, 0.1) is 18.5 Å². The molecule has 6 heteroatoms. The lowest BCUT2D eigenvalue weighted by molar-refractivity contribution is -0.0120. The first-order valence-corrected chi connectivity index (χ1v) is 6.93. The van der Waals surface area contributed by atoms with Crippen LogP contribution in [0.3, 0.4) is 0 Å². The Labute approximate surface area is 91.6 Å². The third-order valence-corrected chi connectivity index (χ3v) is 4.54. The summed E-state index contributed by atoms with van der Waals surface area (Å²) in [5.74, 6) is 0.207. The fourth-order valence-electron chi connectivity index (χ4n) is 1.61. The van der Waals surface area contributed by atoms with Gasteiger partial charge in [0.25, 0.3) is 0 Å². The van der Waals surface area contributed by atoms with Crippen molar-refractivity contribution in [2.45, 2.75) is 32.4 Å². The number of rotatable bonds is 4.